The minimum Gasteiger partial charge on any atom is -0.506 e. The number of rotatable bonds is 2. The van der Waals surface area contributed by atoms with E-state index < -0.39 is 22.5 Å². The Balaban J connectivity index is 0.000000253. The summed E-state index contributed by atoms with van der Waals surface area (Å²) in [4.78, 5) is 10.4. The molecule has 0 atom stereocenters. The van der Waals surface area contributed by atoms with Gasteiger partial charge in [0, 0.05) is 17.3 Å². The molecule has 0 fully saturated rings. The average molecular weight is 345 g/mol. The Kier molecular flexibility index (Phi) is 6.15. The summed E-state index contributed by atoms with van der Waals surface area (Å²) in [7, 11) is 0. The molecule has 2 rings (SSSR count). The summed E-state index contributed by atoms with van der Waals surface area (Å²) >= 11 is 5.35. The van der Waals surface area contributed by atoms with Crippen LogP contribution in [-0.4, -0.2) is 17.2 Å². The van der Waals surface area contributed by atoms with Gasteiger partial charge >= 0.3 is 6.18 Å². The molecule has 0 saturated carbocycles. The molecular formula is C15H12ClF3N2O2. The van der Waals surface area contributed by atoms with Crippen LogP contribution in [0.15, 0.2) is 42.5 Å². The van der Waals surface area contributed by atoms with E-state index in [0.29, 0.717) is 23.9 Å². The maximum atomic E-state index is 12.2. The number of hydrogen-bond donors (Lipinski definition) is 3. The maximum absolute atomic E-state index is 12.2. The van der Waals surface area contributed by atoms with Gasteiger partial charge in [-0.1, -0.05) is 29.8 Å². The minimum absolute atomic E-state index is 0.259. The van der Waals surface area contributed by atoms with Crippen LogP contribution in [0.2, 0.25) is 5.02 Å². The summed E-state index contributed by atoms with van der Waals surface area (Å²) in [6, 6.07) is 10.0. The van der Waals surface area contributed by atoms with Crippen molar-refractivity contribution in [3.8, 4) is 5.75 Å². The average Bonchev–Trinajstić information content (AvgIpc) is 2.50. The lowest BCUT2D eigenvalue weighted by molar-refractivity contribution is -0.137. The highest BCUT2D eigenvalue weighted by molar-refractivity contribution is 6.32. The molecule has 0 heterocycles. The highest BCUT2D eigenvalue weighted by atomic mass is 35.5. The van der Waals surface area contributed by atoms with Gasteiger partial charge in [0.2, 0.25) is 5.91 Å². The number of amides is 1. The first-order valence-electron chi connectivity index (χ1n) is 6.12. The lowest BCUT2D eigenvalue weighted by Crippen LogP contribution is -2.09. The Morgan fingerprint density at radius 1 is 1.22 bits per heavy atom. The summed E-state index contributed by atoms with van der Waals surface area (Å²) in [5.74, 6) is -0.898. The van der Waals surface area contributed by atoms with Gasteiger partial charge < -0.3 is 16.2 Å². The largest absolute Gasteiger partial charge is 0.506 e. The van der Waals surface area contributed by atoms with Crippen LogP contribution >= 0.6 is 11.6 Å². The van der Waals surface area contributed by atoms with Gasteiger partial charge in [-0.25, -0.2) is 0 Å². The van der Waals surface area contributed by atoms with E-state index >= 15 is 0 Å². The van der Waals surface area contributed by atoms with E-state index in [4.69, 9.17) is 27.9 Å². The second kappa shape index (κ2) is 7.64. The molecule has 0 saturated heterocycles. The molecule has 0 unspecified atom stereocenters. The molecule has 8 heteroatoms. The van der Waals surface area contributed by atoms with Gasteiger partial charge in [0.25, 0.3) is 0 Å². The molecule has 2 aromatic rings. The molecular weight excluding hydrogens is 333 g/mol. The third kappa shape index (κ3) is 5.30. The van der Waals surface area contributed by atoms with Crippen LogP contribution in [-0.2, 0) is 6.18 Å². The van der Waals surface area contributed by atoms with E-state index in [2.05, 4.69) is 0 Å². The van der Waals surface area contributed by atoms with Crippen molar-refractivity contribution in [3.05, 3.63) is 64.2 Å². The van der Waals surface area contributed by atoms with E-state index in [1.165, 1.54) is 0 Å². The van der Waals surface area contributed by atoms with E-state index in [9.17, 15) is 18.0 Å². The molecule has 23 heavy (non-hydrogen) atoms. The van der Waals surface area contributed by atoms with Crippen molar-refractivity contribution in [1.82, 2.24) is 0 Å². The number of primary amides is 1. The summed E-state index contributed by atoms with van der Waals surface area (Å²) in [5, 5.41) is 15.5. The first-order chi connectivity index (χ1) is 10.7. The first-order valence-corrected chi connectivity index (χ1v) is 6.49. The van der Waals surface area contributed by atoms with Crippen molar-refractivity contribution in [1.29, 1.82) is 5.41 Å². The predicted octanol–water partition coefficient (Wildman–Crippen LogP) is 3.85. The lowest BCUT2D eigenvalue weighted by atomic mass is 10.1. The highest BCUT2D eigenvalue weighted by Gasteiger charge is 2.31. The van der Waals surface area contributed by atoms with Gasteiger partial charge in [-0.2, -0.15) is 13.2 Å². The Hall–Kier alpha value is -2.54. The number of carbonyl (C=O) groups is 1. The number of aromatic hydroxyl groups is 1. The molecule has 1 amide bonds. The Bertz CT molecular complexity index is 704. The number of phenolic OH excluding ortho intramolecular Hbond substituents is 1. The topological polar surface area (TPSA) is 87.2 Å². The molecule has 0 aliphatic heterocycles. The first kappa shape index (κ1) is 18.5. The molecule has 0 aliphatic carbocycles. The fourth-order valence-corrected chi connectivity index (χ4v) is 1.72. The molecule has 2 aromatic carbocycles. The van der Waals surface area contributed by atoms with E-state index in [0.717, 1.165) is 0 Å². The summed E-state index contributed by atoms with van der Waals surface area (Å²) < 4.78 is 36.6. The van der Waals surface area contributed by atoms with Crippen LogP contribution < -0.4 is 5.73 Å². The van der Waals surface area contributed by atoms with E-state index in [-0.39, 0.29) is 11.5 Å². The van der Waals surface area contributed by atoms with Gasteiger partial charge in [0.15, 0.2) is 0 Å². The molecule has 0 spiro atoms. The maximum Gasteiger partial charge on any atom is 0.416 e. The van der Waals surface area contributed by atoms with Gasteiger partial charge in [0.1, 0.15) is 5.75 Å². The summed E-state index contributed by atoms with van der Waals surface area (Å²) in [5.41, 5.74) is 4.28. The number of nitrogens with one attached hydrogen (secondary N) is 1. The van der Waals surface area contributed by atoms with Gasteiger partial charge in [-0.05, 0) is 24.3 Å². The Morgan fingerprint density at radius 3 is 2.17 bits per heavy atom. The summed E-state index contributed by atoms with van der Waals surface area (Å²) in [6.07, 6.45) is -3.93. The van der Waals surface area contributed by atoms with E-state index in [1.54, 1.807) is 24.3 Å². The monoisotopic (exact) mass is 344 g/mol. The second-order valence-corrected chi connectivity index (χ2v) is 4.68. The number of benzene rings is 2. The van der Waals surface area contributed by atoms with Crippen molar-refractivity contribution in [2.45, 2.75) is 6.18 Å². The van der Waals surface area contributed by atoms with Crippen LogP contribution in [0.5, 0.6) is 5.75 Å². The van der Waals surface area contributed by atoms with Crippen LogP contribution in [0.25, 0.3) is 0 Å². The normalized spacial score (nSPS) is 10.4. The van der Waals surface area contributed by atoms with Crippen molar-refractivity contribution in [3.63, 3.8) is 0 Å². The molecule has 122 valence electrons. The van der Waals surface area contributed by atoms with Crippen LogP contribution in [0.1, 0.15) is 21.5 Å². The quantitative estimate of drug-likeness (QED) is 0.723. The zero-order valence-electron chi connectivity index (χ0n) is 11.6. The number of phenols is 1. The number of halogens is 4. The number of alkyl halides is 3. The zero-order valence-corrected chi connectivity index (χ0v) is 12.3. The van der Waals surface area contributed by atoms with Crippen molar-refractivity contribution < 1.29 is 23.1 Å². The van der Waals surface area contributed by atoms with Crippen LogP contribution in [0, 0.1) is 5.41 Å². The highest BCUT2D eigenvalue weighted by Crippen LogP contribution is 2.36. The zero-order chi connectivity index (χ0) is 17.6. The molecule has 4 nitrogen and oxygen atoms in total. The SMILES string of the molecule is N=Cc1cc(C(F)(F)F)cc(Cl)c1O.NC(=O)c1ccccc1. The molecule has 4 N–H and O–H groups in total. The second-order valence-electron chi connectivity index (χ2n) is 4.27. The minimum atomic E-state index is -4.53. The van der Waals surface area contributed by atoms with Gasteiger partial charge in [-0.15, -0.1) is 0 Å². The van der Waals surface area contributed by atoms with Crippen molar-refractivity contribution in [2.75, 3.05) is 0 Å². The molecule has 0 aliphatic rings. The van der Waals surface area contributed by atoms with Crippen LogP contribution in [0.4, 0.5) is 13.2 Å². The van der Waals surface area contributed by atoms with Gasteiger partial charge in [0.05, 0.1) is 10.6 Å². The Morgan fingerprint density at radius 2 is 1.78 bits per heavy atom. The fourth-order valence-electron chi connectivity index (χ4n) is 1.50. The number of nitrogens with two attached hydrogens (primary N) is 1. The van der Waals surface area contributed by atoms with E-state index in [1.807, 2.05) is 6.07 Å². The van der Waals surface area contributed by atoms with Gasteiger partial charge in [-0.3, -0.25) is 4.79 Å². The molecule has 0 bridgehead atoms. The third-order valence-corrected chi connectivity index (χ3v) is 2.92. The van der Waals surface area contributed by atoms with Crippen LogP contribution in [0.3, 0.4) is 0 Å². The standard InChI is InChI=1S/C8H5ClF3NO.C7H7NO/c9-6-2-5(8(10,11)12)1-4(3-13)7(6)14;8-7(9)6-4-2-1-3-5-6/h1-3,13-14H;1-5H,(H2,8,9). The molecule has 0 radical (unpaired) electrons. The lowest BCUT2D eigenvalue weighted by Gasteiger charge is -2.09. The smallest absolute Gasteiger partial charge is 0.416 e. The van der Waals surface area contributed by atoms with Crippen molar-refractivity contribution in [2.24, 2.45) is 5.73 Å². The summed E-state index contributed by atoms with van der Waals surface area (Å²) in [6.45, 7) is 0. The Labute approximate surface area is 134 Å². The van der Waals surface area contributed by atoms with Crippen molar-refractivity contribution >= 4 is 23.7 Å². The number of carbonyl (C=O) groups excluding carboxylic acids is 1. The molecule has 0 aromatic heterocycles. The number of hydrogen-bond acceptors (Lipinski definition) is 3. The third-order valence-electron chi connectivity index (χ3n) is 2.63. The fraction of sp³-hybridized carbons (Fsp3) is 0.0667. The predicted molar refractivity (Wildman–Crippen MR) is 81.0 cm³/mol.